The molecule has 1 aromatic carbocycles. The van der Waals surface area contributed by atoms with E-state index in [1.807, 2.05) is 49.9 Å². The van der Waals surface area contributed by atoms with Crippen molar-refractivity contribution in [3.8, 4) is 0 Å². The summed E-state index contributed by atoms with van der Waals surface area (Å²) in [5.41, 5.74) is 0.955. The Morgan fingerprint density at radius 3 is 2.37 bits per heavy atom. The molecule has 1 aliphatic heterocycles. The van der Waals surface area contributed by atoms with Gasteiger partial charge in [-0.3, -0.25) is 9.59 Å². The Morgan fingerprint density at radius 1 is 1.22 bits per heavy atom. The lowest BCUT2D eigenvalue weighted by atomic mass is 10.1. The molecule has 0 aromatic heterocycles. The number of hydrogen-bond donors (Lipinski definition) is 3. The van der Waals surface area contributed by atoms with Crippen LogP contribution in [0.25, 0.3) is 0 Å². The lowest BCUT2D eigenvalue weighted by molar-refractivity contribution is -0.896. The second-order valence-electron chi connectivity index (χ2n) is 8.39. The summed E-state index contributed by atoms with van der Waals surface area (Å²) in [5, 5.41) is 5.78. The van der Waals surface area contributed by atoms with Crippen LogP contribution in [0.3, 0.4) is 0 Å². The van der Waals surface area contributed by atoms with Gasteiger partial charge in [-0.1, -0.05) is 23.7 Å². The van der Waals surface area contributed by atoms with Crippen molar-refractivity contribution in [2.75, 3.05) is 39.3 Å². The van der Waals surface area contributed by atoms with Crippen molar-refractivity contribution in [3.63, 3.8) is 0 Å². The van der Waals surface area contributed by atoms with E-state index in [0.717, 1.165) is 23.7 Å². The highest BCUT2D eigenvalue weighted by Crippen LogP contribution is 2.13. The molecule has 1 atom stereocenters. The van der Waals surface area contributed by atoms with Crippen LogP contribution in [-0.4, -0.2) is 61.5 Å². The van der Waals surface area contributed by atoms with Crippen LogP contribution in [0.2, 0.25) is 5.02 Å². The number of amides is 2. The molecule has 0 spiro atoms. The molecule has 2 rings (SSSR count). The molecule has 27 heavy (non-hydrogen) atoms. The Labute approximate surface area is 167 Å². The molecular weight excluding hydrogens is 364 g/mol. The van der Waals surface area contributed by atoms with E-state index in [1.54, 1.807) is 0 Å². The van der Waals surface area contributed by atoms with Crippen molar-refractivity contribution in [1.82, 2.24) is 10.2 Å². The molecule has 1 saturated heterocycles. The minimum atomic E-state index is -0.203. The van der Waals surface area contributed by atoms with Gasteiger partial charge in [0.05, 0.1) is 26.2 Å². The molecule has 0 unspecified atom stereocenters. The van der Waals surface area contributed by atoms with Crippen LogP contribution < -0.4 is 15.5 Å². The van der Waals surface area contributed by atoms with Crippen molar-refractivity contribution < 1.29 is 19.8 Å². The summed E-state index contributed by atoms with van der Waals surface area (Å²) in [6.07, 6.45) is 0. The molecule has 7 heteroatoms. The molecule has 0 aliphatic carbocycles. The van der Waals surface area contributed by atoms with Crippen LogP contribution in [-0.2, 0) is 9.59 Å². The number of hydrogen-bond acceptors (Lipinski definition) is 2. The number of carbonyl (C=O) groups excluding carboxylic acids is 2. The minimum absolute atomic E-state index is 0.0717. The third-order valence-electron chi connectivity index (χ3n) is 4.79. The molecular formula is C20H33ClN4O2+2. The molecule has 150 valence electrons. The highest BCUT2D eigenvalue weighted by Gasteiger charge is 2.27. The monoisotopic (exact) mass is 396 g/mol. The van der Waals surface area contributed by atoms with E-state index in [1.165, 1.54) is 4.90 Å². The first-order valence-electron chi connectivity index (χ1n) is 9.65. The number of halogens is 1. The maximum atomic E-state index is 12.5. The van der Waals surface area contributed by atoms with E-state index < -0.39 is 0 Å². The van der Waals surface area contributed by atoms with Gasteiger partial charge in [-0.15, -0.1) is 0 Å². The zero-order chi connectivity index (χ0) is 20.0. The van der Waals surface area contributed by atoms with Gasteiger partial charge in [-0.2, -0.15) is 0 Å². The van der Waals surface area contributed by atoms with Gasteiger partial charge in [-0.25, -0.2) is 0 Å². The Balaban J connectivity index is 1.71. The molecule has 1 heterocycles. The van der Waals surface area contributed by atoms with Crippen LogP contribution in [0.1, 0.15) is 39.3 Å². The number of piperazine rings is 1. The van der Waals surface area contributed by atoms with Gasteiger partial charge >= 0.3 is 0 Å². The van der Waals surface area contributed by atoms with Gasteiger partial charge in [-0.05, 0) is 39.8 Å². The summed E-state index contributed by atoms with van der Waals surface area (Å²) in [4.78, 5) is 27.7. The normalized spacial score (nSPS) is 16.9. The van der Waals surface area contributed by atoms with E-state index in [-0.39, 0.29) is 23.4 Å². The minimum Gasteiger partial charge on any atom is -0.347 e. The standard InChI is InChI=1S/C20H31ClN4O2/c1-15(16-5-7-17(21)8-6-16)22-13-19(27)25-11-9-24(10-12-25)14-18(26)23-20(2,3)4/h5-8,15,22H,9-14H2,1-4H3,(H,23,26)/p+2/t15-/m1/s1. The van der Waals surface area contributed by atoms with Gasteiger partial charge in [0.25, 0.3) is 11.8 Å². The maximum absolute atomic E-state index is 12.5. The second-order valence-corrected chi connectivity index (χ2v) is 8.82. The molecule has 1 fully saturated rings. The Morgan fingerprint density at radius 2 is 1.81 bits per heavy atom. The topological polar surface area (TPSA) is 70.5 Å². The third kappa shape index (κ3) is 7.48. The Bertz CT molecular complexity index is 634. The van der Waals surface area contributed by atoms with Gasteiger partial charge < -0.3 is 20.4 Å². The quantitative estimate of drug-likeness (QED) is 0.612. The van der Waals surface area contributed by atoms with Gasteiger partial charge in [0.1, 0.15) is 6.04 Å². The number of rotatable bonds is 6. The van der Waals surface area contributed by atoms with Crippen molar-refractivity contribution >= 4 is 23.4 Å². The molecule has 1 aromatic rings. The number of nitrogens with one attached hydrogen (secondary N) is 2. The lowest BCUT2D eigenvalue weighted by Gasteiger charge is -2.32. The highest BCUT2D eigenvalue weighted by atomic mass is 35.5. The molecule has 2 amide bonds. The van der Waals surface area contributed by atoms with Crippen LogP contribution in [0.15, 0.2) is 24.3 Å². The highest BCUT2D eigenvalue weighted by molar-refractivity contribution is 6.30. The largest absolute Gasteiger partial charge is 0.347 e. The van der Waals surface area contributed by atoms with Crippen molar-refractivity contribution in [2.45, 2.75) is 39.3 Å². The van der Waals surface area contributed by atoms with Crippen molar-refractivity contribution in [1.29, 1.82) is 0 Å². The van der Waals surface area contributed by atoms with E-state index in [9.17, 15) is 9.59 Å². The van der Waals surface area contributed by atoms with E-state index in [2.05, 4.69) is 17.6 Å². The smallest absolute Gasteiger partial charge is 0.278 e. The summed E-state index contributed by atoms with van der Waals surface area (Å²) in [5.74, 6) is 0.233. The van der Waals surface area contributed by atoms with Gasteiger partial charge in [0.2, 0.25) is 0 Å². The first-order chi connectivity index (χ1) is 12.6. The lowest BCUT2D eigenvalue weighted by Crippen LogP contribution is -3.16. The van der Waals surface area contributed by atoms with E-state index >= 15 is 0 Å². The fourth-order valence-electron chi connectivity index (χ4n) is 3.25. The predicted octanol–water partition coefficient (Wildman–Crippen LogP) is -0.394. The number of carbonyl (C=O) groups is 2. The average Bonchev–Trinajstić information content (AvgIpc) is 2.59. The van der Waals surface area contributed by atoms with Crippen LogP contribution >= 0.6 is 11.6 Å². The molecule has 0 bridgehead atoms. The van der Waals surface area contributed by atoms with Gasteiger partial charge in [0.15, 0.2) is 13.1 Å². The Hall–Kier alpha value is -1.63. The van der Waals surface area contributed by atoms with Crippen molar-refractivity contribution in [3.05, 3.63) is 34.9 Å². The molecule has 4 N–H and O–H groups in total. The van der Waals surface area contributed by atoms with Gasteiger partial charge in [0, 0.05) is 16.1 Å². The van der Waals surface area contributed by atoms with Crippen LogP contribution in [0, 0.1) is 0 Å². The molecule has 1 aliphatic rings. The summed E-state index contributed by atoms with van der Waals surface area (Å²) in [6.45, 7) is 12.0. The predicted molar refractivity (Wildman–Crippen MR) is 107 cm³/mol. The fraction of sp³-hybridized carbons (Fsp3) is 0.600. The number of quaternary nitrogens is 2. The van der Waals surface area contributed by atoms with E-state index in [0.29, 0.717) is 26.2 Å². The number of nitrogens with zero attached hydrogens (tertiary/aromatic N) is 1. The zero-order valence-corrected chi connectivity index (χ0v) is 17.6. The SMILES string of the molecule is C[C@@H]([NH2+]CC(=O)N1CC[NH+](CC(=O)NC(C)(C)C)CC1)c1ccc(Cl)cc1. The molecule has 0 saturated carbocycles. The fourth-order valence-corrected chi connectivity index (χ4v) is 3.37. The summed E-state index contributed by atoms with van der Waals surface area (Å²) >= 11 is 5.92. The summed E-state index contributed by atoms with van der Waals surface area (Å²) in [6, 6.07) is 7.96. The van der Waals surface area contributed by atoms with Crippen LogP contribution in [0.5, 0.6) is 0 Å². The maximum Gasteiger partial charge on any atom is 0.278 e. The van der Waals surface area contributed by atoms with E-state index in [4.69, 9.17) is 11.6 Å². The first-order valence-corrected chi connectivity index (χ1v) is 10.0. The van der Waals surface area contributed by atoms with Crippen molar-refractivity contribution in [2.24, 2.45) is 0 Å². The number of nitrogens with two attached hydrogens (primary N) is 1. The summed E-state index contributed by atoms with van der Waals surface area (Å²) in [7, 11) is 0. The average molecular weight is 397 g/mol. The third-order valence-corrected chi connectivity index (χ3v) is 5.04. The van der Waals surface area contributed by atoms with Crippen LogP contribution in [0.4, 0.5) is 0 Å². The zero-order valence-electron chi connectivity index (χ0n) is 16.8. The molecule has 6 nitrogen and oxygen atoms in total. The molecule has 0 radical (unpaired) electrons. The Kier molecular flexibility index (Phi) is 7.65. The first kappa shape index (κ1) is 21.7. The summed E-state index contributed by atoms with van der Waals surface area (Å²) < 4.78 is 0. The second kappa shape index (κ2) is 9.53. The number of benzene rings is 1.